The maximum absolute atomic E-state index is 13.2. The molecule has 0 aliphatic heterocycles. The predicted molar refractivity (Wildman–Crippen MR) is 269 cm³/mol. The monoisotopic (exact) mass is 876 g/mol. The van der Waals surface area contributed by atoms with Crippen molar-refractivity contribution in [3.05, 3.63) is 12.2 Å². The predicted octanol–water partition coefficient (Wildman–Crippen LogP) is 16.9. The Morgan fingerprint density at radius 1 is 0.452 bits per heavy atom. The van der Waals surface area contributed by atoms with Gasteiger partial charge in [-0.1, -0.05) is 258 Å². The van der Waals surface area contributed by atoms with Gasteiger partial charge < -0.3 is 20.3 Å². The van der Waals surface area contributed by atoms with E-state index in [1.165, 1.54) is 199 Å². The van der Waals surface area contributed by atoms with Crippen LogP contribution in [0.15, 0.2) is 12.2 Å². The van der Waals surface area contributed by atoms with Crippen molar-refractivity contribution in [1.82, 2.24) is 5.32 Å². The lowest BCUT2D eigenvalue weighted by Gasteiger charge is -2.24. The van der Waals surface area contributed by atoms with E-state index in [1.807, 2.05) is 0 Å². The van der Waals surface area contributed by atoms with Crippen LogP contribution in [-0.2, 0) is 14.3 Å². The highest BCUT2D eigenvalue weighted by molar-refractivity contribution is 5.77. The number of carbonyl (C=O) groups excluding carboxylic acids is 2. The fourth-order valence-corrected chi connectivity index (χ4v) is 8.84. The summed E-state index contributed by atoms with van der Waals surface area (Å²) in [5.74, 6) is -0.471. The molecule has 0 aromatic rings. The van der Waals surface area contributed by atoms with E-state index in [4.69, 9.17) is 4.74 Å². The summed E-state index contributed by atoms with van der Waals surface area (Å²) in [6.45, 7) is 6.49. The van der Waals surface area contributed by atoms with Gasteiger partial charge in [-0.25, -0.2) is 0 Å². The molecule has 0 saturated carbocycles. The number of rotatable bonds is 51. The number of nitrogens with one attached hydrogen (secondary N) is 1. The van der Waals surface area contributed by atoms with Crippen LogP contribution in [0.1, 0.15) is 310 Å². The summed E-state index contributed by atoms with van der Waals surface area (Å²) in [5, 5.41) is 23.8. The molecule has 0 aromatic carbocycles. The molecule has 0 spiro atoms. The van der Waals surface area contributed by atoms with Crippen LogP contribution in [0.25, 0.3) is 0 Å². The minimum Gasteiger partial charge on any atom is -0.462 e. The van der Waals surface area contributed by atoms with Crippen molar-refractivity contribution in [2.24, 2.45) is 0 Å². The van der Waals surface area contributed by atoms with Crippen molar-refractivity contribution in [2.45, 2.75) is 328 Å². The van der Waals surface area contributed by atoms with Crippen LogP contribution in [0.2, 0.25) is 0 Å². The summed E-state index contributed by atoms with van der Waals surface area (Å²) in [6.07, 6.45) is 57.1. The Morgan fingerprint density at radius 2 is 0.774 bits per heavy atom. The molecular formula is C56H109NO5. The molecule has 0 fully saturated rings. The lowest BCUT2D eigenvalue weighted by molar-refractivity contribution is -0.151. The van der Waals surface area contributed by atoms with E-state index in [1.54, 1.807) is 0 Å². The van der Waals surface area contributed by atoms with Gasteiger partial charge in [0.1, 0.15) is 6.10 Å². The number of hydrogen-bond acceptors (Lipinski definition) is 5. The first-order valence-electron chi connectivity index (χ1n) is 27.9. The van der Waals surface area contributed by atoms with Crippen LogP contribution in [0.3, 0.4) is 0 Å². The maximum atomic E-state index is 13.2. The van der Waals surface area contributed by atoms with Gasteiger partial charge in [0, 0.05) is 6.42 Å². The highest BCUT2D eigenvalue weighted by Gasteiger charge is 2.24. The number of unbranched alkanes of at least 4 members (excludes halogenated alkanes) is 37. The summed E-state index contributed by atoms with van der Waals surface area (Å²) < 4.78 is 5.93. The minimum absolute atomic E-state index is 0.0738. The minimum atomic E-state index is -0.786. The van der Waals surface area contributed by atoms with Gasteiger partial charge in [0.2, 0.25) is 5.91 Å². The van der Waals surface area contributed by atoms with Gasteiger partial charge in [-0.2, -0.15) is 0 Å². The molecule has 0 heterocycles. The Bertz CT molecular complexity index is 939. The molecule has 3 N–H and O–H groups in total. The summed E-state index contributed by atoms with van der Waals surface area (Å²) >= 11 is 0. The highest BCUT2D eigenvalue weighted by Crippen LogP contribution is 2.19. The summed E-state index contributed by atoms with van der Waals surface area (Å²) in [5.41, 5.74) is 0. The largest absolute Gasteiger partial charge is 0.462 e. The van der Waals surface area contributed by atoms with E-state index < -0.39 is 18.2 Å². The third-order valence-electron chi connectivity index (χ3n) is 13.1. The smallest absolute Gasteiger partial charge is 0.306 e. The lowest BCUT2D eigenvalue weighted by Crippen LogP contribution is -2.46. The van der Waals surface area contributed by atoms with Gasteiger partial charge in [0.05, 0.1) is 25.2 Å². The Kier molecular flexibility index (Phi) is 49.5. The number of amides is 1. The van der Waals surface area contributed by atoms with Gasteiger partial charge in [-0.05, 0) is 51.4 Å². The molecule has 0 radical (unpaired) electrons. The molecule has 6 heteroatoms. The molecule has 3 atom stereocenters. The zero-order valence-electron chi connectivity index (χ0n) is 42.0. The van der Waals surface area contributed by atoms with E-state index in [0.29, 0.717) is 19.3 Å². The first kappa shape index (κ1) is 60.6. The third kappa shape index (κ3) is 45.2. The van der Waals surface area contributed by atoms with Crippen molar-refractivity contribution in [3.63, 3.8) is 0 Å². The van der Waals surface area contributed by atoms with Crippen LogP contribution in [0.5, 0.6) is 0 Å². The van der Waals surface area contributed by atoms with Gasteiger partial charge in [-0.3, -0.25) is 9.59 Å². The van der Waals surface area contributed by atoms with E-state index >= 15 is 0 Å². The van der Waals surface area contributed by atoms with Crippen molar-refractivity contribution in [1.29, 1.82) is 0 Å². The van der Waals surface area contributed by atoms with Crippen molar-refractivity contribution in [2.75, 3.05) is 6.61 Å². The lowest BCUT2D eigenvalue weighted by atomic mass is 10.0. The number of aliphatic hydroxyl groups is 2. The fourth-order valence-electron chi connectivity index (χ4n) is 8.84. The van der Waals surface area contributed by atoms with E-state index in [0.717, 1.165) is 64.2 Å². The summed E-state index contributed by atoms with van der Waals surface area (Å²) in [6, 6.07) is -0.700. The van der Waals surface area contributed by atoms with Gasteiger partial charge in [0.25, 0.3) is 0 Å². The van der Waals surface area contributed by atoms with E-state index in [-0.39, 0.29) is 24.9 Å². The van der Waals surface area contributed by atoms with E-state index in [2.05, 4.69) is 38.2 Å². The molecular weight excluding hydrogens is 767 g/mol. The Labute approximate surface area is 387 Å². The number of ether oxygens (including phenoxy) is 1. The molecule has 1 amide bonds. The molecule has 0 saturated heterocycles. The van der Waals surface area contributed by atoms with Crippen molar-refractivity contribution < 1.29 is 24.5 Å². The molecule has 6 nitrogen and oxygen atoms in total. The standard InChI is InChI=1S/C56H109NO5/c1-4-7-10-13-16-19-22-24-26-27-28-30-32-34-37-40-43-46-49-56(61)62-52(47-44-41-38-35-21-18-15-12-9-6-3)50-55(60)57-53(51-58)54(59)48-45-42-39-36-33-31-29-25-23-20-17-14-11-8-5-2/h18,21,52-54,58-59H,4-17,19-20,22-51H2,1-3H3,(H,57,60)/b21-18-. The Morgan fingerprint density at radius 3 is 1.18 bits per heavy atom. The fraction of sp³-hybridized carbons (Fsp3) is 0.929. The van der Waals surface area contributed by atoms with E-state index in [9.17, 15) is 19.8 Å². The van der Waals surface area contributed by atoms with Gasteiger partial charge >= 0.3 is 5.97 Å². The number of carbonyl (C=O) groups is 2. The average molecular weight is 876 g/mol. The number of hydrogen-bond donors (Lipinski definition) is 3. The number of allylic oxidation sites excluding steroid dienone is 2. The summed E-state index contributed by atoms with van der Waals surface area (Å²) in [7, 11) is 0. The molecule has 368 valence electrons. The SMILES string of the molecule is CCCCC/C=C\CCCCCC(CC(=O)NC(CO)C(O)CCCCCCCCCCCCCCCCC)OC(=O)CCCCCCCCCCCCCCCCCCCC. The third-order valence-corrected chi connectivity index (χ3v) is 13.1. The van der Waals surface area contributed by atoms with Crippen LogP contribution >= 0.6 is 0 Å². The second-order valence-electron chi connectivity index (χ2n) is 19.3. The average Bonchev–Trinajstić information content (AvgIpc) is 3.26. The topological polar surface area (TPSA) is 95.9 Å². The molecule has 62 heavy (non-hydrogen) atoms. The molecule has 0 bridgehead atoms. The second kappa shape index (κ2) is 50.6. The normalized spacial score (nSPS) is 13.2. The van der Waals surface area contributed by atoms with Crippen LogP contribution in [0.4, 0.5) is 0 Å². The zero-order chi connectivity index (χ0) is 45.2. The quantitative estimate of drug-likeness (QED) is 0.0321. The second-order valence-corrected chi connectivity index (χ2v) is 19.3. The van der Waals surface area contributed by atoms with Gasteiger partial charge in [-0.15, -0.1) is 0 Å². The Balaban J connectivity index is 4.40. The van der Waals surface area contributed by atoms with Crippen LogP contribution < -0.4 is 5.32 Å². The van der Waals surface area contributed by atoms with Crippen LogP contribution in [0, 0.1) is 0 Å². The zero-order valence-corrected chi connectivity index (χ0v) is 42.0. The molecule has 0 aliphatic rings. The Hall–Kier alpha value is -1.40. The number of aliphatic hydroxyl groups excluding tert-OH is 2. The number of esters is 1. The summed E-state index contributed by atoms with van der Waals surface area (Å²) in [4.78, 5) is 26.2. The first-order valence-corrected chi connectivity index (χ1v) is 27.9. The maximum Gasteiger partial charge on any atom is 0.306 e. The molecule has 0 rings (SSSR count). The van der Waals surface area contributed by atoms with Crippen LogP contribution in [-0.4, -0.2) is 46.9 Å². The molecule has 0 aromatic heterocycles. The van der Waals surface area contributed by atoms with Crippen molar-refractivity contribution >= 4 is 11.9 Å². The highest BCUT2D eigenvalue weighted by atomic mass is 16.5. The first-order chi connectivity index (χ1) is 30.5. The van der Waals surface area contributed by atoms with Gasteiger partial charge in [0.15, 0.2) is 0 Å². The molecule has 3 unspecified atom stereocenters. The van der Waals surface area contributed by atoms with Crippen molar-refractivity contribution in [3.8, 4) is 0 Å². The molecule has 0 aliphatic carbocycles.